The van der Waals surface area contributed by atoms with Gasteiger partial charge in [-0.3, -0.25) is 0 Å². The zero-order chi connectivity index (χ0) is 14.8. The van der Waals surface area contributed by atoms with Gasteiger partial charge in [-0.2, -0.15) is 0 Å². The molecule has 0 heterocycles. The Morgan fingerprint density at radius 3 is 2.48 bits per heavy atom. The van der Waals surface area contributed by atoms with Gasteiger partial charge in [-0.25, -0.2) is 9.18 Å². The summed E-state index contributed by atoms with van der Waals surface area (Å²) < 4.78 is 19.5. The van der Waals surface area contributed by atoms with Gasteiger partial charge in [0.05, 0.1) is 0 Å². The molecule has 3 aromatic carbocycles. The maximum Gasteiger partial charge on any atom is 0.339 e. The highest BCUT2D eigenvalue weighted by molar-refractivity contribution is 5.92. The quantitative estimate of drug-likeness (QED) is 0.771. The van der Waals surface area contributed by atoms with Crippen LogP contribution < -0.4 is 4.74 Å². The molecule has 0 amide bonds. The molecule has 0 aliphatic rings. The van der Waals surface area contributed by atoms with Gasteiger partial charge >= 0.3 is 5.97 Å². The summed E-state index contributed by atoms with van der Waals surface area (Å²) in [5, 5.41) is 10.9. The minimum Gasteiger partial charge on any atom is -0.478 e. The molecule has 1 N–H and O–H groups in total. The van der Waals surface area contributed by atoms with Gasteiger partial charge in [-0.15, -0.1) is 0 Å². The van der Waals surface area contributed by atoms with Crippen LogP contribution in [0.3, 0.4) is 0 Å². The molecule has 0 saturated heterocycles. The number of fused-ring (bicyclic) bond motifs is 1. The minimum absolute atomic E-state index is 0.206. The van der Waals surface area contributed by atoms with Gasteiger partial charge in [0.25, 0.3) is 0 Å². The Morgan fingerprint density at radius 2 is 1.67 bits per heavy atom. The first-order valence-corrected chi connectivity index (χ1v) is 6.34. The maximum absolute atomic E-state index is 13.9. The molecule has 0 atom stereocenters. The van der Waals surface area contributed by atoms with Gasteiger partial charge in [0, 0.05) is 5.39 Å². The molecule has 21 heavy (non-hydrogen) atoms. The van der Waals surface area contributed by atoms with Crippen LogP contribution >= 0.6 is 0 Å². The summed E-state index contributed by atoms with van der Waals surface area (Å²) in [6, 6.07) is 16.7. The van der Waals surface area contributed by atoms with Crippen molar-refractivity contribution in [1.82, 2.24) is 0 Å². The summed E-state index contributed by atoms with van der Waals surface area (Å²) in [7, 11) is 0. The molecule has 3 aromatic rings. The number of rotatable bonds is 3. The molecule has 0 aliphatic heterocycles. The summed E-state index contributed by atoms with van der Waals surface area (Å²) >= 11 is 0. The first-order chi connectivity index (χ1) is 10.2. The summed E-state index contributed by atoms with van der Waals surface area (Å²) in [6.07, 6.45) is 0. The maximum atomic E-state index is 13.9. The van der Waals surface area contributed by atoms with Crippen LogP contribution in [-0.2, 0) is 0 Å². The third kappa shape index (κ3) is 2.43. The average Bonchev–Trinajstić information content (AvgIpc) is 2.49. The Hall–Kier alpha value is -2.88. The van der Waals surface area contributed by atoms with Crippen molar-refractivity contribution in [2.24, 2.45) is 0 Å². The summed E-state index contributed by atoms with van der Waals surface area (Å²) in [6.45, 7) is 0. The molecule has 3 nitrogen and oxygen atoms in total. The van der Waals surface area contributed by atoms with Crippen LogP contribution in [-0.4, -0.2) is 11.1 Å². The topological polar surface area (TPSA) is 46.5 Å². The molecule has 0 aromatic heterocycles. The Kier molecular flexibility index (Phi) is 3.28. The van der Waals surface area contributed by atoms with Gasteiger partial charge in [0.2, 0.25) is 0 Å². The van der Waals surface area contributed by atoms with Gasteiger partial charge in [-0.05, 0) is 23.6 Å². The number of carboxylic acid groups (broad SMARTS) is 1. The predicted molar refractivity (Wildman–Crippen MR) is 77.4 cm³/mol. The predicted octanol–water partition coefficient (Wildman–Crippen LogP) is 4.47. The Balaban J connectivity index is 2.13. The van der Waals surface area contributed by atoms with Crippen molar-refractivity contribution in [2.45, 2.75) is 0 Å². The second-order valence-corrected chi connectivity index (χ2v) is 4.50. The highest BCUT2D eigenvalue weighted by Crippen LogP contribution is 2.33. The fraction of sp³-hybridized carbons (Fsp3) is 0. The van der Waals surface area contributed by atoms with Crippen LogP contribution in [0.2, 0.25) is 0 Å². The molecule has 3 rings (SSSR count). The third-order valence-electron chi connectivity index (χ3n) is 3.16. The van der Waals surface area contributed by atoms with Gasteiger partial charge < -0.3 is 9.84 Å². The van der Waals surface area contributed by atoms with E-state index >= 15 is 0 Å². The standard InChI is InChI=1S/C17H11FO3/c18-14-9-4-8-13(17(19)20)16(14)21-15-10-3-6-11-5-1-2-7-12(11)15/h1-10H,(H,19,20). The molecular weight excluding hydrogens is 271 g/mol. The SMILES string of the molecule is O=C(O)c1cccc(F)c1Oc1cccc2ccccc12. The number of carboxylic acids is 1. The smallest absolute Gasteiger partial charge is 0.339 e. The fourth-order valence-corrected chi connectivity index (χ4v) is 2.18. The van der Waals surface area contributed by atoms with Crippen molar-refractivity contribution in [2.75, 3.05) is 0 Å². The van der Waals surface area contributed by atoms with E-state index in [4.69, 9.17) is 9.84 Å². The van der Waals surface area contributed by atoms with E-state index in [2.05, 4.69) is 0 Å². The first kappa shape index (κ1) is 13.1. The normalized spacial score (nSPS) is 10.5. The lowest BCUT2D eigenvalue weighted by Gasteiger charge is -2.11. The highest BCUT2D eigenvalue weighted by Gasteiger charge is 2.17. The van der Waals surface area contributed by atoms with Crippen molar-refractivity contribution in [3.8, 4) is 11.5 Å². The molecule has 0 unspecified atom stereocenters. The molecule has 0 spiro atoms. The first-order valence-electron chi connectivity index (χ1n) is 6.34. The zero-order valence-corrected chi connectivity index (χ0v) is 10.9. The van der Waals surface area contributed by atoms with Gasteiger partial charge in [0.1, 0.15) is 11.3 Å². The largest absolute Gasteiger partial charge is 0.478 e. The monoisotopic (exact) mass is 282 g/mol. The Morgan fingerprint density at radius 1 is 0.952 bits per heavy atom. The molecule has 4 heteroatoms. The number of halogens is 1. The van der Waals surface area contributed by atoms with Crippen LogP contribution in [0.15, 0.2) is 60.7 Å². The average molecular weight is 282 g/mol. The summed E-state index contributed by atoms with van der Waals surface area (Å²) in [4.78, 5) is 11.2. The van der Waals surface area contributed by atoms with E-state index in [0.717, 1.165) is 10.8 Å². The van der Waals surface area contributed by atoms with Crippen LogP contribution in [0.1, 0.15) is 10.4 Å². The van der Waals surface area contributed by atoms with Crippen LogP contribution in [0, 0.1) is 5.82 Å². The summed E-state index contributed by atoms with van der Waals surface area (Å²) in [5.74, 6) is -1.80. The number of aromatic carboxylic acids is 1. The lowest BCUT2D eigenvalue weighted by molar-refractivity contribution is 0.0693. The summed E-state index contributed by atoms with van der Waals surface area (Å²) in [5.41, 5.74) is -0.206. The lowest BCUT2D eigenvalue weighted by Crippen LogP contribution is -2.02. The Bertz CT molecular complexity index is 822. The van der Waals surface area contributed by atoms with E-state index in [-0.39, 0.29) is 11.3 Å². The zero-order valence-electron chi connectivity index (χ0n) is 10.9. The number of hydrogen-bond donors (Lipinski definition) is 1. The van der Waals surface area contributed by atoms with Crippen LogP contribution in [0.25, 0.3) is 10.8 Å². The van der Waals surface area contributed by atoms with E-state index in [1.165, 1.54) is 18.2 Å². The minimum atomic E-state index is -1.23. The van der Waals surface area contributed by atoms with Crippen LogP contribution in [0.5, 0.6) is 11.5 Å². The van der Waals surface area contributed by atoms with E-state index < -0.39 is 11.8 Å². The molecule has 0 fully saturated rings. The number of benzene rings is 3. The lowest BCUT2D eigenvalue weighted by atomic mass is 10.1. The second kappa shape index (κ2) is 5.25. The van der Waals surface area contributed by atoms with Crippen molar-refractivity contribution in [3.63, 3.8) is 0 Å². The fourth-order valence-electron chi connectivity index (χ4n) is 2.18. The van der Waals surface area contributed by atoms with Gasteiger partial charge in [-0.1, -0.05) is 42.5 Å². The molecule has 0 bridgehead atoms. The molecule has 104 valence electrons. The van der Waals surface area contributed by atoms with Crippen molar-refractivity contribution >= 4 is 16.7 Å². The molecular formula is C17H11FO3. The van der Waals surface area contributed by atoms with E-state index in [0.29, 0.717) is 5.75 Å². The van der Waals surface area contributed by atoms with Crippen molar-refractivity contribution in [1.29, 1.82) is 0 Å². The van der Waals surface area contributed by atoms with Crippen LogP contribution in [0.4, 0.5) is 4.39 Å². The molecule has 0 saturated carbocycles. The van der Waals surface area contributed by atoms with E-state index in [1.807, 2.05) is 30.3 Å². The number of ether oxygens (including phenoxy) is 1. The number of hydrogen-bond acceptors (Lipinski definition) is 2. The van der Waals surface area contributed by atoms with Crippen molar-refractivity contribution in [3.05, 3.63) is 72.0 Å². The number of carbonyl (C=O) groups is 1. The second-order valence-electron chi connectivity index (χ2n) is 4.50. The highest BCUT2D eigenvalue weighted by atomic mass is 19.1. The molecule has 0 aliphatic carbocycles. The van der Waals surface area contributed by atoms with Crippen molar-refractivity contribution < 1.29 is 19.0 Å². The number of para-hydroxylation sites is 1. The molecule has 0 radical (unpaired) electrons. The third-order valence-corrected chi connectivity index (χ3v) is 3.16. The van der Waals surface area contributed by atoms with E-state index in [9.17, 15) is 9.18 Å². The Labute approximate surface area is 120 Å². The van der Waals surface area contributed by atoms with Gasteiger partial charge in [0.15, 0.2) is 11.6 Å². The van der Waals surface area contributed by atoms with E-state index in [1.54, 1.807) is 12.1 Å².